The monoisotopic (exact) mass is 307 g/mol. The highest BCUT2D eigenvalue weighted by molar-refractivity contribution is 9.10. The summed E-state index contributed by atoms with van der Waals surface area (Å²) in [4.78, 5) is 1.23. The Balaban J connectivity index is 2.26. The van der Waals surface area contributed by atoms with Crippen LogP contribution < -0.4 is 10.1 Å². The predicted molar refractivity (Wildman–Crippen MR) is 71.2 cm³/mol. The Labute approximate surface area is 109 Å². The second-order valence-corrected chi connectivity index (χ2v) is 5.53. The Hall–Kier alpha value is -0.100. The maximum Gasteiger partial charge on any atom is 0.188 e. The highest BCUT2D eigenvalue weighted by Gasteiger charge is 2.06. The summed E-state index contributed by atoms with van der Waals surface area (Å²) >= 11 is 5.07. The molecule has 1 atom stereocenters. The van der Waals surface area contributed by atoms with E-state index in [1.807, 2.05) is 6.92 Å². The van der Waals surface area contributed by atoms with Crippen molar-refractivity contribution in [2.45, 2.75) is 32.4 Å². The van der Waals surface area contributed by atoms with Gasteiger partial charge < -0.3 is 15.2 Å². The quantitative estimate of drug-likeness (QED) is 0.761. The molecule has 92 valence electrons. The smallest absolute Gasteiger partial charge is 0.188 e. The molecule has 0 aliphatic carbocycles. The molecule has 0 fully saturated rings. The summed E-state index contributed by atoms with van der Waals surface area (Å²) in [5.41, 5.74) is 0. The fraction of sp³-hybridized carbons (Fsp3) is 0.636. The van der Waals surface area contributed by atoms with Crippen LogP contribution in [-0.2, 0) is 6.54 Å². The van der Waals surface area contributed by atoms with Crippen molar-refractivity contribution in [1.82, 2.24) is 5.32 Å². The molecular weight excluding hydrogens is 290 g/mol. The molecular formula is C11H18BrNO2S. The van der Waals surface area contributed by atoms with Gasteiger partial charge in [0.25, 0.3) is 0 Å². The van der Waals surface area contributed by atoms with Crippen LogP contribution in [-0.4, -0.2) is 24.9 Å². The molecule has 3 nitrogen and oxygen atoms in total. The zero-order valence-electron chi connectivity index (χ0n) is 9.62. The lowest BCUT2D eigenvalue weighted by Crippen LogP contribution is -2.19. The molecule has 1 rings (SSSR count). The van der Waals surface area contributed by atoms with E-state index >= 15 is 0 Å². The van der Waals surface area contributed by atoms with E-state index in [0.717, 1.165) is 35.5 Å². The van der Waals surface area contributed by atoms with Crippen LogP contribution in [0.1, 0.15) is 24.6 Å². The number of methoxy groups -OCH3 is 1. The molecule has 5 heteroatoms. The molecule has 2 N–H and O–H groups in total. The minimum absolute atomic E-state index is 0.183. The average Bonchev–Trinajstić information content (AvgIpc) is 2.64. The number of thiophene rings is 1. The molecule has 1 aromatic heterocycles. The molecule has 0 saturated heterocycles. The lowest BCUT2D eigenvalue weighted by molar-refractivity contribution is 0.160. The van der Waals surface area contributed by atoms with E-state index in [9.17, 15) is 5.11 Å². The van der Waals surface area contributed by atoms with Crippen molar-refractivity contribution >= 4 is 27.3 Å². The lowest BCUT2D eigenvalue weighted by Gasteiger charge is -2.07. The Morgan fingerprint density at radius 3 is 2.94 bits per heavy atom. The standard InChI is InChI=1S/C11H18BrNO2S/c1-3-8(14)4-5-13-7-9-6-10(12)11(15-2)16-9/h6,8,13-14H,3-5,7H2,1-2H3. The predicted octanol–water partition coefficient (Wildman–Crippen LogP) is 2.77. The Morgan fingerprint density at radius 2 is 2.38 bits per heavy atom. The number of nitrogens with one attached hydrogen (secondary N) is 1. The van der Waals surface area contributed by atoms with E-state index in [1.54, 1.807) is 18.4 Å². The van der Waals surface area contributed by atoms with Crippen LogP contribution in [0.5, 0.6) is 5.06 Å². The van der Waals surface area contributed by atoms with E-state index in [4.69, 9.17) is 4.74 Å². The van der Waals surface area contributed by atoms with Crippen molar-refractivity contribution in [3.8, 4) is 5.06 Å². The van der Waals surface area contributed by atoms with Gasteiger partial charge in [0.05, 0.1) is 17.7 Å². The first-order valence-electron chi connectivity index (χ1n) is 5.38. The number of aliphatic hydroxyl groups is 1. The Kier molecular flexibility index (Phi) is 6.34. The molecule has 0 bridgehead atoms. The van der Waals surface area contributed by atoms with Crippen LogP contribution in [0, 0.1) is 0 Å². The first-order chi connectivity index (χ1) is 7.67. The maximum absolute atomic E-state index is 9.38. The van der Waals surface area contributed by atoms with E-state index in [0.29, 0.717) is 0 Å². The zero-order valence-corrected chi connectivity index (χ0v) is 12.0. The van der Waals surface area contributed by atoms with Gasteiger partial charge in [0.1, 0.15) is 0 Å². The second-order valence-electron chi connectivity index (χ2n) is 3.58. The third kappa shape index (κ3) is 4.41. The van der Waals surface area contributed by atoms with E-state index < -0.39 is 0 Å². The van der Waals surface area contributed by atoms with E-state index in [-0.39, 0.29) is 6.10 Å². The van der Waals surface area contributed by atoms with Crippen molar-refractivity contribution in [2.24, 2.45) is 0 Å². The third-order valence-corrected chi connectivity index (χ3v) is 4.26. The SMILES string of the molecule is CCC(O)CCNCc1cc(Br)c(OC)s1. The molecule has 1 unspecified atom stereocenters. The fourth-order valence-corrected chi connectivity index (χ4v) is 2.97. The van der Waals surface area contributed by atoms with Gasteiger partial charge in [-0.3, -0.25) is 0 Å². The first kappa shape index (κ1) is 14.0. The topological polar surface area (TPSA) is 41.5 Å². The number of ether oxygens (including phenoxy) is 1. The maximum atomic E-state index is 9.38. The fourth-order valence-electron chi connectivity index (χ4n) is 1.31. The summed E-state index contributed by atoms with van der Waals surface area (Å²) in [5, 5.41) is 13.6. The van der Waals surface area contributed by atoms with Crippen LogP contribution >= 0.6 is 27.3 Å². The van der Waals surface area contributed by atoms with Crippen LogP contribution in [0.25, 0.3) is 0 Å². The average molecular weight is 308 g/mol. The molecule has 0 saturated carbocycles. The summed E-state index contributed by atoms with van der Waals surface area (Å²) in [6.45, 7) is 3.65. The molecule has 1 heterocycles. The molecule has 1 aromatic rings. The van der Waals surface area contributed by atoms with E-state index in [1.165, 1.54) is 4.88 Å². The summed E-state index contributed by atoms with van der Waals surface area (Å²) in [5.74, 6) is 0. The van der Waals surface area contributed by atoms with Gasteiger partial charge in [0.2, 0.25) is 0 Å². The highest BCUT2D eigenvalue weighted by atomic mass is 79.9. The molecule has 0 aliphatic heterocycles. The first-order valence-corrected chi connectivity index (χ1v) is 6.99. The second kappa shape index (κ2) is 7.27. The van der Waals surface area contributed by atoms with Crippen molar-refractivity contribution < 1.29 is 9.84 Å². The third-order valence-electron chi connectivity index (χ3n) is 2.32. The van der Waals surface area contributed by atoms with Gasteiger partial charge in [0, 0.05) is 11.4 Å². The van der Waals surface area contributed by atoms with Gasteiger partial charge in [-0.05, 0) is 41.4 Å². The number of hydrogen-bond donors (Lipinski definition) is 2. The Bertz CT molecular complexity index is 317. The molecule has 0 aliphatic rings. The van der Waals surface area contributed by atoms with Crippen LogP contribution in [0.2, 0.25) is 0 Å². The Morgan fingerprint density at radius 1 is 1.62 bits per heavy atom. The summed E-state index contributed by atoms with van der Waals surface area (Å²) in [6, 6.07) is 2.06. The highest BCUT2D eigenvalue weighted by Crippen LogP contribution is 2.34. The minimum atomic E-state index is -0.183. The molecule has 0 radical (unpaired) electrons. The number of halogens is 1. The largest absolute Gasteiger partial charge is 0.486 e. The molecule has 0 amide bonds. The van der Waals surface area contributed by atoms with E-state index in [2.05, 4.69) is 27.3 Å². The van der Waals surface area contributed by atoms with Gasteiger partial charge >= 0.3 is 0 Å². The molecule has 0 aromatic carbocycles. The van der Waals surface area contributed by atoms with Crippen LogP contribution in [0.15, 0.2) is 10.5 Å². The van der Waals surface area contributed by atoms with Crippen molar-refractivity contribution in [3.05, 3.63) is 15.4 Å². The van der Waals surface area contributed by atoms with Crippen molar-refractivity contribution in [3.63, 3.8) is 0 Å². The molecule has 16 heavy (non-hydrogen) atoms. The van der Waals surface area contributed by atoms with Crippen LogP contribution in [0.3, 0.4) is 0 Å². The number of aliphatic hydroxyl groups excluding tert-OH is 1. The molecule has 0 spiro atoms. The van der Waals surface area contributed by atoms with Crippen molar-refractivity contribution in [2.75, 3.05) is 13.7 Å². The summed E-state index contributed by atoms with van der Waals surface area (Å²) in [6.07, 6.45) is 1.44. The minimum Gasteiger partial charge on any atom is -0.486 e. The van der Waals surface area contributed by atoms with Gasteiger partial charge in [0.15, 0.2) is 5.06 Å². The summed E-state index contributed by atoms with van der Waals surface area (Å²) in [7, 11) is 1.67. The summed E-state index contributed by atoms with van der Waals surface area (Å²) < 4.78 is 6.20. The number of hydrogen-bond acceptors (Lipinski definition) is 4. The lowest BCUT2D eigenvalue weighted by atomic mass is 10.2. The van der Waals surface area contributed by atoms with Crippen molar-refractivity contribution in [1.29, 1.82) is 0 Å². The van der Waals surface area contributed by atoms with Gasteiger partial charge in [-0.25, -0.2) is 0 Å². The van der Waals surface area contributed by atoms with Crippen LogP contribution in [0.4, 0.5) is 0 Å². The van der Waals surface area contributed by atoms with Gasteiger partial charge in [-0.1, -0.05) is 6.92 Å². The van der Waals surface area contributed by atoms with Gasteiger partial charge in [-0.2, -0.15) is 0 Å². The number of rotatable bonds is 7. The zero-order chi connectivity index (χ0) is 12.0. The normalized spacial score (nSPS) is 12.8. The van der Waals surface area contributed by atoms with Gasteiger partial charge in [-0.15, -0.1) is 11.3 Å².